The summed E-state index contributed by atoms with van der Waals surface area (Å²) < 4.78 is 0.460. The molecule has 1 rings (SSSR count). The lowest BCUT2D eigenvalue weighted by atomic mass is 10.0. The molecule has 0 N–H and O–H groups in total. The molecule has 0 radical (unpaired) electrons. The number of pyridine rings is 1. The maximum atomic E-state index is 4.29. The van der Waals surface area contributed by atoms with Crippen molar-refractivity contribution in [3.8, 4) is 0 Å². The van der Waals surface area contributed by atoms with E-state index in [4.69, 9.17) is 0 Å². The smallest absolute Gasteiger partial charge is 0.0697 e. The van der Waals surface area contributed by atoms with Gasteiger partial charge in [0.15, 0.2) is 0 Å². The molecule has 1 heterocycles. The van der Waals surface area contributed by atoms with Gasteiger partial charge in [0.1, 0.15) is 0 Å². The van der Waals surface area contributed by atoms with E-state index in [0.29, 0.717) is 3.74 Å². The quantitative estimate of drug-likeness (QED) is 0.503. The molecule has 0 saturated carbocycles. The summed E-state index contributed by atoms with van der Waals surface area (Å²) in [6.07, 6.45) is 9.68. The Morgan fingerprint density at radius 3 is 2.81 bits per heavy atom. The predicted molar refractivity (Wildman–Crippen MR) is 78.1 cm³/mol. The molecule has 1 aromatic rings. The molecular formula is C13H17Br2N. The molecule has 0 aliphatic carbocycles. The fourth-order valence-corrected chi connectivity index (χ4v) is 2.28. The summed E-state index contributed by atoms with van der Waals surface area (Å²) in [7, 11) is 0. The molecule has 1 aromatic heterocycles. The molecule has 0 aromatic carbocycles. The summed E-state index contributed by atoms with van der Waals surface area (Å²) in [6, 6.07) is 4.14. The average Bonchev–Trinajstić information content (AvgIpc) is 2.29. The van der Waals surface area contributed by atoms with Crippen molar-refractivity contribution in [2.75, 3.05) is 0 Å². The molecule has 0 aliphatic heterocycles. The Hall–Kier alpha value is -0.150. The number of hydrogen-bond acceptors (Lipinski definition) is 1. The lowest BCUT2D eigenvalue weighted by Gasteiger charge is -2.05. The SMILES string of the molecule is C=Cc1ncccc1CCCCCC(Br)Br. The van der Waals surface area contributed by atoms with Gasteiger partial charge < -0.3 is 0 Å². The molecule has 0 saturated heterocycles. The van der Waals surface area contributed by atoms with Gasteiger partial charge in [-0.05, 0) is 37.0 Å². The molecule has 1 nitrogen and oxygen atoms in total. The van der Waals surface area contributed by atoms with E-state index in [1.165, 1.54) is 31.2 Å². The van der Waals surface area contributed by atoms with Crippen molar-refractivity contribution in [2.24, 2.45) is 0 Å². The van der Waals surface area contributed by atoms with Crippen LogP contribution in [0.25, 0.3) is 6.08 Å². The second kappa shape index (κ2) is 8.02. The molecule has 88 valence electrons. The monoisotopic (exact) mass is 345 g/mol. The number of rotatable bonds is 7. The summed E-state index contributed by atoms with van der Waals surface area (Å²) in [5.41, 5.74) is 2.34. The average molecular weight is 347 g/mol. The Bertz CT molecular complexity index is 323. The number of halogens is 2. The standard InChI is InChI=1S/C13H17Br2N/c1-2-12-11(8-6-10-16-12)7-4-3-5-9-13(14)15/h2,6,8,10,13H,1,3-5,7,9H2. The molecule has 0 aliphatic rings. The van der Waals surface area contributed by atoms with Gasteiger partial charge in [-0.25, -0.2) is 0 Å². The van der Waals surface area contributed by atoms with Gasteiger partial charge in [-0.3, -0.25) is 4.98 Å². The van der Waals surface area contributed by atoms with Crippen LogP contribution in [0.2, 0.25) is 0 Å². The van der Waals surface area contributed by atoms with Gasteiger partial charge in [-0.1, -0.05) is 57.3 Å². The van der Waals surface area contributed by atoms with E-state index in [9.17, 15) is 0 Å². The minimum Gasteiger partial charge on any atom is -0.257 e. The first kappa shape index (κ1) is 13.9. The highest BCUT2D eigenvalue weighted by Gasteiger charge is 2.01. The fraction of sp³-hybridized carbons (Fsp3) is 0.462. The maximum absolute atomic E-state index is 4.29. The Kier molecular flexibility index (Phi) is 6.97. The van der Waals surface area contributed by atoms with E-state index in [1.54, 1.807) is 0 Å². The maximum Gasteiger partial charge on any atom is 0.0697 e. The first-order valence-corrected chi connectivity index (χ1v) is 7.41. The second-order valence-electron chi connectivity index (χ2n) is 3.74. The molecule has 0 spiro atoms. The summed E-state index contributed by atoms with van der Waals surface area (Å²) in [6.45, 7) is 3.78. The largest absolute Gasteiger partial charge is 0.257 e. The van der Waals surface area contributed by atoms with Crippen LogP contribution in [-0.2, 0) is 6.42 Å². The molecule has 16 heavy (non-hydrogen) atoms. The lowest BCUT2D eigenvalue weighted by Crippen LogP contribution is -1.93. The van der Waals surface area contributed by atoms with Crippen molar-refractivity contribution in [1.82, 2.24) is 4.98 Å². The molecule has 0 atom stereocenters. The van der Waals surface area contributed by atoms with Gasteiger partial charge in [-0.15, -0.1) is 0 Å². The first-order valence-electron chi connectivity index (χ1n) is 5.58. The van der Waals surface area contributed by atoms with Crippen LogP contribution in [0.15, 0.2) is 24.9 Å². The van der Waals surface area contributed by atoms with E-state index in [-0.39, 0.29) is 0 Å². The first-order chi connectivity index (χ1) is 7.74. The van der Waals surface area contributed by atoms with Gasteiger partial charge in [0.25, 0.3) is 0 Å². The summed E-state index contributed by atoms with van der Waals surface area (Å²) >= 11 is 6.98. The van der Waals surface area contributed by atoms with E-state index in [2.05, 4.69) is 49.5 Å². The van der Waals surface area contributed by atoms with Crippen LogP contribution in [-0.4, -0.2) is 8.72 Å². The fourth-order valence-electron chi connectivity index (χ4n) is 1.64. The molecule has 0 bridgehead atoms. The number of alkyl halides is 2. The van der Waals surface area contributed by atoms with Crippen molar-refractivity contribution >= 4 is 37.9 Å². The zero-order chi connectivity index (χ0) is 11.8. The molecule has 0 unspecified atom stereocenters. The Morgan fingerprint density at radius 2 is 2.12 bits per heavy atom. The van der Waals surface area contributed by atoms with Crippen molar-refractivity contribution in [3.05, 3.63) is 36.2 Å². The number of aromatic nitrogens is 1. The van der Waals surface area contributed by atoms with Crippen LogP contribution in [0.1, 0.15) is 36.9 Å². The normalized spacial score (nSPS) is 10.7. The zero-order valence-corrected chi connectivity index (χ0v) is 12.5. The number of aryl methyl sites for hydroxylation is 1. The Balaban J connectivity index is 2.29. The highest BCUT2D eigenvalue weighted by molar-refractivity contribution is 9.24. The summed E-state index contributed by atoms with van der Waals surface area (Å²) in [5.74, 6) is 0. The van der Waals surface area contributed by atoms with Crippen LogP contribution in [0, 0.1) is 0 Å². The van der Waals surface area contributed by atoms with Crippen LogP contribution in [0.3, 0.4) is 0 Å². The van der Waals surface area contributed by atoms with E-state index < -0.39 is 0 Å². The highest BCUT2D eigenvalue weighted by Crippen LogP contribution is 2.18. The Labute approximate surface area is 115 Å². The summed E-state index contributed by atoms with van der Waals surface area (Å²) in [4.78, 5) is 4.29. The lowest BCUT2D eigenvalue weighted by molar-refractivity contribution is 0.665. The van der Waals surface area contributed by atoms with Crippen LogP contribution in [0.4, 0.5) is 0 Å². The van der Waals surface area contributed by atoms with Crippen LogP contribution < -0.4 is 0 Å². The third-order valence-electron chi connectivity index (χ3n) is 2.49. The van der Waals surface area contributed by atoms with Gasteiger partial charge >= 0.3 is 0 Å². The third-order valence-corrected chi connectivity index (χ3v) is 3.40. The van der Waals surface area contributed by atoms with E-state index >= 15 is 0 Å². The van der Waals surface area contributed by atoms with Crippen LogP contribution >= 0.6 is 31.9 Å². The molecular weight excluding hydrogens is 330 g/mol. The highest BCUT2D eigenvalue weighted by atomic mass is 79.9. The minimum absolute atomic E-state index is 0.460. The van der Waals surface area contributed by atoms with Gasteiger partial charge in [0.2, 0.25) is 0 Å². The van der Waals surface area contributed by atoms with E-state index in [1.807, 2.05) is 18.3 Å². The number of unbranched alkanes of at least 4 members (excludes halogenated alkanes) is 2. The Morgan fingerprint density at radius 1 is 1.31 bits per heavy atom. The number of nitrogens with zero attached hydrogens (tertiary/aromatic N) is 1. The van der Waals surface area contributed by atoms with E-state index in [0.717, 1.165) is 12.1 Å². The van der Waals surface area contributed by atoms with Crippen molar-refractivity contribution in [1.29, 1.82) is 0 Å². The van der Waals surface area contributed by atoms with Gasteiger partial charge in [0.05, 0.1) is 9.43 Å². The topological polar surface area (TPSA) is 12.9 Å². The molecule has 0 amide bonds. The second-order valence-corrected chi connectivity index (χ2v) is 7.18. The molecule has 3 heteroatoms. The third kappa shape index (κ3) is 5.26. The van der Waals surface area contributed by atoms with Crippen LogP contribution in [0.5, 0.6) is 0 Å². The molecule has 0 fully saturated rings. The van der Waals surface area contributed by atoms with Crippen molar-refractivity contribution in [3.63, 3.8) is 0 Å². The van der Waals surface area contributed by atoms with Crippen molar-refractivity contribution < 1.29 is 0 Å². The zero-order valence-electron chi connectivity index (χ0n) is 9.33. The summed E-state index contributed by atoms with van der Waals surface area (Å²) in [5, 5.41) is 0. The predicted octanol–water partition coefficient (Wildman–Crippen LogP) is 4.94. The van der Waals surface area contributed by atoms with Gasteiger partial charge in [0, 0.05) is 6.20 Å². The number of hydrogen-bond donors (Lipinski definition) is 0. The van der Waals surface area contributed by atoms with Gasteiger partial charge in [-0.2, -0.15) is 0 Å². The minimum atomic E-state index is 0.460. The van der Waals surface area contributed by atoms with Crippen molar-refractivity contribution in [2.45, 2.75) is 35.8 Å².